The molecule has 0 radical (unpaired) electrons. The quantitative estimate of drug-likeness (QED) is 0.388. The maximum absolute atomic E-state index is 7.15. The molecule has 0 aromatic carbocycles. The Morgan fingerprint density at radius 1 is 1.50 bits per heavy atom. The van der Waals surface area contributed by atoms with E-state index in [0.29, 0.717) is 5.84 Å². The number of rotatable bonds is 7. The predicted octanol–water partition coefficient (Wildman–Crippen LogP) is 1.12. The summed E-state index contributed by atoms with van der Waals surface area (Å²) in [6, 6.07) is 0.748. The van der Waals surface area contributed by atoms with Crippen LogP contribution >= 0.6 is 0 Å². The van der Waals surface area contributed by atoms with Gasteiger partial charge in [-0.3, -0.25) is 5.41 Å². The van der Waals surface area contributed by atoms with Crippen LogP contribution < -0.4 is 5.73 Å². The van der Waals surface area contributed by atoms with E-state index in [1.807, 2.05) is 0 Å². The minimum Gasteiger partial charge on any atom is -0.388 e. The molecule has 1 atom stereocenters. The Balaban J connectivity index is 2.06. The van der Waals surface area contributed by atoms with Crippen molar-refractivity contribution in [3.8, 4) is 0 Å². The third kappa shape index (κ3) is 4.94. The van der Waals surface area contributed by atoms with Crippen LogP contribution in [0.3, 0.4) is 0 Å². The zero-order chi connectivity index (χ0) is 12.0. The van der Waals surface area contributed by atoms with Crippen molar-refractivity contribution in [3.05, 3.63) is 0 Å². The highest BCUT2D eigenvalue weighted by Crippen LogP contribution is 2.15. The molecule has 3 N–H and O–H groups in total. The van der Waals surface area contributed by atoms with Crippen molar-refractivity contribution in [2.45, 2.75) is 38.1 Å². The van der Waals surface area contributed by atoms with Gasteiger partial charge in [0, 0.05) is 19.0 Å². The van der Waals surface area contributed by atoms with Crippen LogP contribution in [0.4, 0.5) is 0 Å². The van der Waals surface area contributed by atoms with Gasteiger partial charge in [0.25, 0.3) is 0 Å². The predicted molar refractivity (Wildman–Crippen MR) is 68.9 cm³/mol. The second kappa shape index (κ2) is 6.86. The summed E-state index contributed by atoms with van der Waals surface area (Å²) in [6.45, 7) is 3.55. The SMILES string of the molecule is CN(CCCCC(=N)N)CC1CCCN1C. The Morgan fingerprint density at radius 3 is 2.81 bits per heavy atom. The lowest BCUT2D eigenvalue weighted by Crippen LogP contribution is -2.37. The van der Waals surface area contributed by atoms with Crippen LogP contribution in [0, 0.1) is 5.41 Å². The summed E-state index contributed by atoms with van der Waals surface area (Å²) in [5.74, 6) is 0.318. The largest absolute Gasteiger partial charge is 0.388 e. The van der Waals surface area contributed by atoms with Crippen LogP contribution in [0.2, 0.25) is 0 Å². The van der Waals surface area contributed by atoms with E-state index in [2.05, 4.69) is 23.9 Å². The van der Waals surface area contributed by atoms with E-state index in [4.69, 9.17) is 11.1 Å². The number of nitrogens with zero attached hydrogens (tertiary/aromatic N) is 2. The van der Waals surface area contributed by atoms with Gasteiger partial charge < -0.3 is 15.5 Å². The summed E-state index contributed by atoms with van der Waals surface area (Å²) in [6.07, 6.45) is 5.62. The van der Waals surface area contributed by atoms with Crippen LogP contribution in [0.1, 0.15) is 32.1 Å². The van der Waals surface area contributed by atoms with Gasteiger partial charge in [0.1, 0.15) is 0 Å². The molecule has 0 aromatic heterocycles. The lowest BCUT2D eigenvalue weighted by atomic mass is 10.2. The van der Waals surface area contributed by atoms with Crippen molar-refractivity contribution in [2.24, 2.45) is 5.73 Å². The van der Waals surface area contributed by atoms with Gasteiger partial charge in [0.15, 0.2) is 0 Å². The topological polar surface area (TPSA) is 56.4 Å². The van der Waals surface area contributed by atoms with Crippen molar-refractivity contribution < 1.29 is 0 Å². The molecule has 0 amide bonds. The highest BCUT2D eigenvalue weighted by molar-refractivity contribution is 5.76. The standard InChI is InChI=1S/C12H26N4/c1-15(8-4-3-7-12(13)14)10-11-6-5-9-16(11)2/h11H,3-10H2,1-2H3,(H3,13,14). The number of unbranched alkanes of at least 4 members (excludes halogenated alkanes) is 1. The molecule has 1 rings (SSSR count). The fourth-order valence-electron chi connectivity index (χ4n) is 2.36. The summed E-state index contributed by atoms with van der Waals surface area (Å²) in [4.78, 5) is 4.87. The molecule has 0 spiro atoms. The molecular weight excluding hydrogens is 200 g/mol. The van der Waals surface area contributed by atoms with E-state index in [9.17, 15) is 0 Å². The number of hydrogen-bond donors (Lipinski definition) is 2. The molecule has 4 heteroatoms. The van der Waals surface area contributed by atoms with Gasteiger partial charge in [-0.25, -0.2) is 0 Å². The minimum absolute atomic E-state index is 0.318. The van der Waals surface area contributed by atoms with Gasteiger partial charge in [-0.05, 0) is 52.9 Å². The normalized spacial score (nSPS) is 21.8. The number of amidine groups is 1. The number of hydrogen-bond acceptors (Lipinski definition) is 3. The van der Waals surface area contributed by atoms with Gasteiger partial charge in [0.05, 0.1) is 5.84 Å². The van der Waals surface area contributed by atoms with Crippen LogP contribution in [0.15, 0.2) is 0 Å². The van der Waals surface area contributed by atoms with Gasteiger partial charge in [-0.15, -0.1) is 0 Å². The van der Waals surface area contributed by atoms with Crippen molar-refractivity contribution in [3.63, 3.8) is 0 Å². The van der Waals surface area contributed by atoms with E-state index in [0.717, 1.165) is 31.8 Å². The van der Waals surface area contributed by atoms with Gasteiger partial charge in [-0.2, -0.15) is 0 Å². The first-order valence-electron chi connectivity index (χ1n) is 6.31. The molecule has 1 heterocycles. The van der Waals surface area contributed by atoms with Crippen molar-refractivity contribution in [1.82, 2.24) is 9.80 Å². The number of nitrogens with two attached hydrogens (primary N) is 1. The Morgan fingerprint density at radius 2 is 2.25 bits per heavy atom. The Hall–Kier alpha value is -0.610. The first kappa shape index (κ1) is 13.5. The van der Waals surface area contributed by atoms with Crippen LogP contribution in [-0.4, -0.2) is 55.4 Å². The molecule has 1 fully saturated rings. The second-order valence-corrected chi connectivity index (χ2v) is 5.02. The summed E-state index contributed by atoms with van der Waals surface area (Å²) in [5.41, 5.74) is 5.32. The van der Waals surface area contributed by atoms with E-state index >= 15 is 0 Å². The maximum atomic E-state index is 7.15. The highest BCUT2D eigenvalue weighted by Gasteiger charge is 2.21. The van der Waals surface area contributed by atoms with Crippen molar-refractivity contribution >= 4 is 5.84 Å². The zero-order valence-corrected chi connectivity index (χ0v) is 10.7. The fraction of sp³-hybridized carbons (Fsp3) is 0.917. The van der Waals surface area contributed by atoms with E-state index in [1.54, 1.807) is 0 Å². The van der Waals surface area contributed by atoms with E-state index < -0.39 is 0 Å². The summed E-state index contributed by atoms with van der Waals surface area (Å²) >= 11 is 0. The molecule has 0 aromatic rings. The molecule has 1 saturated heterocycles. The highest BCUT2D eigenvalue weighted by atomic mass is 15.2. The van der Waals surface area contributed by atoms with E-state index in [-0.39, 0.29) is 0 Å². The molecule has 0 bridgehead atoms. The maximum Gasteiger partial charge on any atom is 0.0905 e. The van der Waals surface area contributed by atoms with Crippen LogP contribution in [0.25, 0.3) is 0 Å². The molecule has 94 valence electrons. The van der Waals surface area contributed by atoms with Crippen LogP contribution in [0.5, 0.6) is 0 Å². The Kier molecular flexibility index (Phi) is 5.77. The third-order valence-electron chi connectivity index (χ3n) is 3.43. The molecule has 1 aliphatic rings. The zero-order valence-electron chi connectivity index (χ0n) is 10.7. The second-order valence-electron chi connectivity index (χ2n) is 5.02. The van der Waals surface area contributed by atoms with E-state index in [1.165, 1.54) is 25.9 Å². The lowest BCUT2D eigenvalue weighted by molar-refractivity contribution is 0.218. The molecule has 1 unspecified atom stereocenters. The minimum atomic E-state index is 0.318. The molecule has 0 aliphatic carbocycles. The lowest BCUT2D eigenvalue weighted by Gasteiger charge is -2.25. The van der Waals surface area contributed by atoms with Crippen molar-refractivity contribution in [1.29, 1.82) is 5.41 Å². The third-order valence-corrected chi connectivity index (χ3v) is 3.43. The van der Waals surface area contributed by atoms with Gasteiger partial charge in [-0.1, -0.05) is 0 Å². The molecule has 0 saturated carbocycles. The molecule has 1 aliphatic heterocycles. The summed E-state index contributed by atoms with van der Waals surface area (Å²) in [7, 11) is 4.42. The molecule has 16 heavy (non-hydrogen) atoms. The smallest absolute Gasteiger partial charge is 0.0905 e. The first-order chi connectivity index (χ1) is 7.59. The number of likely N-dealkylation sites (tertiary alicyclic amines) is 1. The average molecular weight is 226 g/mol. The molecular formula is C12H26N4. The summed E-state index contributed by atoms with van der Waals surface area (Å²) in [5, 5.41) is 7.15. The monoisotopic (exact) mass is 226 g/mol. The average Bonchev–Trinajstić information content (AvgIpc) is 2.59. The number of likely N-dealkylation sites (N-methyl/N-ethyl adjacent to an activating group) is 2. The van der Waals surface area contributed by atoms with Crippen molar-refractivity contribution in [2.75, 3.05) is 33.7 Å². The first-order valence-corrected chi connectivity index (χ1v) is 6.31. The van der Waals surface area contributed by atoms with Crippen LogP contribution in [-0.2, 0) is 0 Å². The fourth-order valence-corrected chi connectivity index (χ4v) is 2.36. The Labute approximate surface area is 99.3 Å². The molecule has 4 nitrogen and oxygen atoms in total. The van der Waals surface area contributed by atoms with Gasteiger partial charge >= 0.3 is 0 Å². The van der Waals surface area contributed by atoms with Gasteiger partial charge in [0.2, 0.25) is 0 Å². The Bertz CT molecular complexity index is 217. The number of nitrogens with one attached hydrogen (secondary N) is 1. The summed E-state index contributed by atoms with van der Waals surface area (Å²) < 4.78 is 0.